The number of aromatic nitrogens is 1. The van der Waals surface area contributed by atoms with E-state index in [0.29, 0.717) is 11.1 Å². The number of para-hydroxylation sites is 2. The summed E-state index contributed by atoms with van der Waals surface area (Å²) in [7, 11) is 0. The van der Waals surface area contributed by atoms with Gasteiger partial charge in [-0.25, -0.2) is 9.78 Å². The van der Waals surface area contributed by atoms with Crippen molar-refractivity contribution in [2.24, 2.45) is 0 Å². The highest BCUT2D eigenvalue weighted by atomic mass is 16.5. The van der Waals surface area contributed by atoms with Crippen molar-refractivity contribution in [1.29, 1.82) is 0 Å². The van der Waals surface area contributed by atoms with Crippen LogP contribution in [0.5, 0.6) is 0 Å². The average molecular weight is 265 g/mol. The van der Waals surface area contributed by atoms with Gasteiger partial charge < -0.3 is 4.74 Å². The van der Waals surface area contributed by atoms with Gasteiger partial charge in [0.15, 0.2) is 0 Å². The van der Waals surface area contributed by atoms with Crippen molar-refractivity contribution in [3.63, 3.8) is 0 Å². The van der Waals surface area contributed by atoms with Crippen LogP contribution in [0.1, 0.15) is 24.2 Å². The van der Waals surface area contributed by atoms with Crippen molar-refractivity contribution in [1.82, 2.24) is 4.98 Å². The van der Waals surface area contributed by atoms with Crippen LogP contribution < -0.4 is 0 Å². The van der Waals surface area contributed by atoms with Crippen LogP contribution in [0.4, 0.5) is 0 Å². The Bertz CT molecular complexity index is 793. The molecule has 3 aromatic rings. The van der Waals surface area contributed by atoms with E-state index in [2.05, 4.69) is 4.98 Å². The molecule has 0 aliphatic carbocycles. The highest BCUT2D eigenvalue weighted by Gasteiger charge is 2.14. The first-order valence-corrected chi connectivity index (χ1v) is 6.64. The Kier molecular flexibility index (Phi) is 3.11. The molecule has 1 aromatic heterocycles. The summed E-state index contributed by atoms with van der Waals surface area (Å²) in [6.07, 6.45) is -0.141. The summed E-state index contributed by atoms with van der Waals surface area (Å²) >= 11 is 0. The molecule has 3 heteroatoms. The van der Waals surface area contributed by atoms with Crippen LogP contribution in [-0.4, -0.2) is 17.1 Å². The van der Waals surface area contributed by atoms with E-state index in [1.54, 1.807) is 6.07 Å². The second-order valence-electron chi connectivity index (χ2n) is 5.01. The first kappa shape index (κ1) is 12.6. The van der Waals surface area contributed by atoms with Gasteiger partial charge >= 0.3 is 5.97 Å². The van der Waals surface area contributed by atoms with Crippen LogP contribution in [0.3, 0.4) is 0 Å². The fraction of sp³-hybridized carbons (Fsp3) is 0.176. The summed E-state index contributed by atoms with van der Waals surface area (Å²) in [6, 6.07) is 15.5. The van der Waals surface area contributed by atoms with Crippen molar-refractivity contribution in [3.8, 4) is 0 Å². The molecule has 0 saturated heterocycles. The summed E-state index contributed by atoms with van der Waals surface area (Å²) in [4.78, 5) is 16.7. The molecule has 0 atom stereocenters. The second-order valence-corrected chi connectivity index (χ2v) is 5.01. The molecule has 0 aliphatic heterocycles. The lowest BCUT2D eigenvalue weighted by molar-refractivity contribution is 0.0380. The number of hydrogen-bond donors (Lipinski definition) is 0. The Balaban J connectivity index is 2.22. The standard InChI is InChI=1S/C17H15NO2/c1-11(2)20-17(19)14-8-5-7-13-10-12-6-3-4-9-15(12)18-16(13)14/h3-11H,1-2H3. The fourth-order valence-corrected chi connectivity index (χ4v) is 2.24. The molecule has 0 fully saturated rings. The molecule has 0 N–H and O–H groups in total. The van der Waals surface area contributed by atoms with Crippen LogP contribution in [0, 0.1) is 0 Å². The predicted molar refractivity (Wildman–Crippen MR) is 79.8 cm³/mol. The lowest BCUT2D eigenvalue weighted by Gasteiger charge is -2.10. The smallest absolute Gasteiger partial charge is 0.340 e. The molecular weight excluding hydrogens is 250 g/mol. The number of benzene rings is 2. The summed E-state index contributed by atoms with van der Waals surface area (Å²) in [6.45, 7) is 3.68. The summed E-state index contributed by atoms with van der Waals surface area (Å²) in [5.74, 6) is -0.326. The molecule has 0 spiro atoms. The third-order valence-corrected chi connectivity index (χ3v) is 3.11. The lowest BCUT2D eigenvalue weighted by atomic mass is 10.1. The van der Waals surface area contributed by atoms with E-state index in [1.807, 2.05) is 56.3 Å². The van der Waals surface area contributed by atoms with Gasteiger partial charge in [-0.3, -0.25) is 0 Å². The minimum Gasteiger partial charge on any atom is -0.459 e. The second kappa shape index (κ2) is 4.93. The van der Waals surface area contributed by atoms with E-state index < -0.39 is 0 Å². The molecule has 3 rings (SSSR count). The van der Waals surface area contributed by atoms with Gasteiger partial charge in [0.25, 0.3) is 0 Å². The van der Waals surface area contributed by atoms with Gasteiger partial charge in [0.2, 0.25) is 0 Å². The minimum absolute atomic E-state index is 0.141. The zero-order valence-electron chi connectivity index (χ0n) is 11.5. The van der Waals surface area contributed by atoms with Crippen molar-refractivity contribution in [3.05, 3.63) is 54.1 Å². The largest absolute Gasteiger partial charge is 0.459 e. The maximum Gasteiger partial charge on any atom is 0.340 e. The van der Waals surface area contributed by atoms with Crippen molar-refractivity contribution in [2.45, 2.75) is 20.0 Å². The molecular formula is C17H15NO2. The molecule has 0 amide bonds. The highest BCUT2D eigenvalue weighted by molar-refractivity contribution is 6.05. The van der Waals surface area contributed by atoms with E-state index in [1.165, 1.54) is 0 Å². The maximum atomic E-state index is 12.1. The van der Waals surface area contributed by atoms with E-state index in [-0.39, 0.29) is 12.1 Å². The molecule has 2 aromatic carbocycles. The van der Waals surface area contributed by atoms with Gasteiger partial charge in [-0.05, 0) is 32.0 Å². The van der Waals surface area contributed by atoms with Crippen LogP contribution in [0.25, 0.3) is 21.8 Å². The Morgan fingerprint density at radius 3 is 2.60 bits per heavy atom. The monoisotopic (exact) mass is 265 g/mol. The molecule has 1 heterocycles. The molecule has 0 saturated carbocycles. The van der Waals surface area contributed by atoms with Crippen molar-refractivity contribution < 1.29 is 9.53 Å². The maximum absolute atomic E-state index is 12.1. The quantitative estimate of drug-likeness (QED) is 0.520. The van der Waals surface area contributed by atoms with Gasteiger partial charge in [0, 0.05) is 10.8 Å². The number of rotatable bonds is 2. The van der Waals surface area contributed by atoms with Crippen LogP contribution in [0.15, 0.2) is 48.5 Å². The van der Waals surface area contributed by atoms with Gasteiger partial charge in [-0.1, -0.05) is 30.3 Å². The Morgan fingerprint density at radius 1 is 1.05 bits per heavy atom. The Labute approximate surface area is 117 Å². The Morgan fingerprint density at radius 2 is 1.80 bits per heavy atom. The summed E-state index contributed by atoms with van der Waals surface area (Å²) < 4.78 is 5.28. The van der Waals surface area contributed by atoms with Crippen LogP contribution >= 0.6 is 0 Å². The van der Waals surface area contributed by atoms with E-state index in [9.17, 15) is 4.79 Å². The van der Waals surface area contributed by atoms with Crippen molar-refractivity contribution >= 4 is 27.8 Å². The third-order valence-electron chi connectivity index (χ3n) is 3.11. The summed E-state index contributed by atoms with van der Waals surface area (Å²) in [5, 5.41) is 2.01. The highest BCUT2D eigenvalue weighted by Crippen LogP contribution is 2.23. The molecule has 20 heavy (non-hydrogen) atoms. The molecule has 3 nitrogen and oxygen atoms in total. The van der Waals surface area contributed by atoms with Gasteiger partial charge in [-0.15, -0.1) is 0 Å². The van der Waals surface area contributed by atoms with E-state index in [0.717, 1.165) is 16.3 Å². The molecule has 0 aliphatic rings. The van der Waals surface area contributed by atoms with Crippen LogP contribution in [-0.2, 0) is 4.74 Å². The number of nitrogens with zero attached hydrogens (tertiary/aromatic N) is 1. The van der Waals surface area contributed by atoms with Gasteiger partial charge in [0.1, 0.15) is 0 Å². The minimum atomic E-state index is -0.326. The Hall–Kier alpha value is -2.42. The van der Waals surface area contributed by atoms with Gasteiger partial charge in [-0.2, -0.15) is 0 Å². The van der Waals surface area contributed by atoms with Gasteiger partial charge in [0.05, 0.1) is 22.7 Å². The first-order chi connectivity index (χ1) is 9.65. The zero-order valence-corrected chi connectivity index (χ0v) is 11.5. The number of fused-ring (bicyclic) bond motifs is 2. The summed E-state index contributed by atoms with van der Waals surface area (Å²) in [5.41, 5.74) is 2.09. The predicted octanol–water partition coefficient (Wildman–Crippen LogP) is 3.95. The molecule has 0 radical (unpaired) electrons. The number of carbonyl (C=O) groups is 1. The lowest BCUT2D eigenvalue weighted by Crippen LogP contribution is -2.12. The first-order valence-electron chi connectivity index (χ1n) is 6.64. The SMILES string of the molecule is CC(C)OC(=O)c1cccc2cc3ccccc3nc12. The van der Waals surface area contributed by atoms with Crippen molar-refractivity contribution in [2.75, 3.05) is 0 Å². The fourth-order valence-electron chi connectivity index (χ4n) is 2.24. The van der Waals surface area contributed by atoms with E-state index in [4.69, 9.17) is 4.74 Å². The van der Waals surface area contributed by atoms with E-state index >= 15 is 0 Å². The number of ether oxygens (including phenoxy) is 1. The number of pyridine rings is 1. The number of esters is 1. The normalized spacial score (nSPS) is 11.2. The topological polar surface area (TPSA) is 39.2 Å². The van der Waals surface area contributed by atoms with Crippen LogP contribution in [0.2, 0.25) is 0 Å². The molecule has 0 unspecified atom stereocenters. The average Bonchev–Trinajstić information content (AvgIpc) is 2.43. The molecule has 100 valence electrons. The number of hydrogen-bond acceptors (Lipinski definition) is 3. The third kappa shape index (κ3) is 2.23. The molecule has 0 bridgehead atoms. The number of carbonyl (C=O) groups excluding carboxylic acids is 1. The zero-order chi connectivity index (χ0) is 14.1.